The highest BCUT2D eigenvalue weighted by molar-refractivity contribution is 8.00. The van der Waals surface area contributed by atoms with Crippen LogP contribution in [0.25, 0.3) is 11.4 Å². The molecular formula is C31H30F2N4O3S. The molecule has 0 unspecified atom stereocenters. The Balaban J connectivity index is 1.44. The van der Waals surface area contributed by atoms with Crippen molar-refractivity contribution < 1.29 is 23.0 Å². The van der Waals surface area contributed by atoms with E-state index >= 15 is 0 Å². The van der Waals surface area contributed by atoms with Crippen molar-refractivity contribution >= 4 is 29.4 Å². The average Bonchev–Trinajstić information content (AvgIpc) is 2.93. The topological polar surface area (TPSA) is 76.6 Å². The number of halogens is 2. The van der Waals surface area contributed by atoms with Crippen LogP contribution in [0.1, 0.15) is 26.5 Å². The molecule has 1 saturated heterocycles. The molecule has 2 heterocycles. The van der Waals surface area contributed by atoms with Crippen LogP contribution in [0.2, 0.25) is 0 Å². The van der Waals surface area contributed by atoms with Gasteiger partial charge in [-0.05, 0) is 69.3 Å². The van der Waals surface area contributed by atoms with Gasteiger partial charge in [0.1, 0.15) is 23.2 Å². The van der Waals surface area contributed by atoms with Crippen LogP contribution in [-0.4, -0.2) is 41.9 Å². The lowest BCUT2D eigenvalue weighted by atomic mass is 10.1. The summed E-state index contributed by atoms with van der Waals surface area (Å²) in [6.45, 7) is 7.83. The largest absolute Gasteiger partial charge is 0.417 e. The van der Waals surface area contributed by atoms with E-state index in [-0.39, 0.29) is 6.04 Å². The SMILES string of the molecule is C[C@H]1COCCN1c1cc(C(C)(C)Sc2cc(F)cc(F)c2)nc(-c2ccc(NC(=O)Oc3ccccc3)cc2)n1. The lowest BCUT2D eigenvalue weighted by Crippen LogP contribution is -2.44. The summed E-state index contributed by atoms with van der Waals surface area (Å²) in [5.74, 6) is 0.423. The summed E-state index contributed by atoms with van der Waals surface area (Å²) in [5.41, 5.74) is 2.00. The van der Waals surface area contributed by atoms with Gasteiger partial charge in [-0.15, -0.1) is 11.8 Å². The van der Waals surface area contributed by atoms with Crippen LogP contribution >= 0.6 is 11.8 Å². The molecule has 1 atom stereocenters. The first-order valence-electron chi connectivity index (χ1n) is 13.2. The van der Waals surface area contributed by atoms with Crippen molar-refractivity contribution in [2.75, 3.05) is 30.0 Å². The molecular weight excluding hydrogens is 546 g/mol. The maximum atomic E-state index is 13.9. The number of hydrogen-bond acceptors (Lipinski definition) is 7. The van der Waals surface area contributed by atoms with Gasteiger partial charge < -0.3 is 14.4 Å². The summed E-state index contributed by atoms with van der Waals surface area (Å²) in [6, 6.07) is 21.5. The van der Waals surface area contributed by atoms with Crippen molar-refractivity contribution in [2.24, 2.45) is 0 Å². The number of carbonyl (C=O) groups is 1. The number of hydrogen-bond donors (Lipinski definition) is 1. The Morgan fingerprint density at radius 2 is 1.73 bits per heavy atom. The smallest absolute Gasteiger partial charge is 0.410 e. The number of ether oxygens (including phenoxy) is 2. The standard InChI is InChI=1S/C31H30F2N4O3S/c1-20-19-39-14-13-37(20)28-18-27(31(2,3)41-26-16-22(32)15-23(33)17-26)35-29(36-28)21-9-11-24(12-10-21)34-30(38)40-25-7-5-4-6-8-25/h4-12,15-18,20H,13-14,19H2,1-3H3,(H,34,38)/t20-/m0/s1. The summed E-state index contributed by atoms with van der Waals surface area (Å²) in [4.78, 5) is 24.7. The highest BCUT2D eigenvalue weighted by Crippen LogP contribution is 2.42. The minimum atomic E-state index is -0.648. The second-order valence-electron chi connectivity index (χ2n) is 10.2. The predicted octanol–water partition coefficient (Wildman–Crippen LogP) is 7.29. The Hall–Kier alpha value is -4.02. The van der Waals surface area contributed by atoms with Gasteiger partial charge in [-0.1, -0.05) is 18.2 Å². The van der Waals surface area contributed by atoms with E-state index in [1.807, 2.05) is 38.1 Å². The van der Waals surface area contributed by atoms with Crippen LogP contribution in [-0.2, 0) is 9.48 Å². The average molecular weight is 577 g/mol. The summed E-state index contributed by atoms with van der Waals surface area (Å²) in [6.07, 6.45) is -0.599. The van der Waals surface area contributed by atoms with Gasteiger partial charge >= 0.3 is 6.09 Å². The number of morpholine rings is 1. The fourth-order valence-electron chi connectivity index (χ4n) is 4.46. The molecule has 0 aliphatic carbocycles. The first-order chi connectivity index (χ1) is 19.7. The van der Waals surface area contributed by atoms with Gasteiger partial charge in [0, 0.05) is 34.8 Å². The number of aromatic nitrogens is 2. The molecule has 5 rings (SSSR count). The number of benzene rings is 3. The lowest BCUT2D eigenvalue weighted by Gasteiger charge is -2.35. The van der Waals surface area contributed by atoms with Gasteiger partial charge in [-0.25, -0.2) is 23.5 Å². The Morgan fingerprint density at radius 1 is 1.02 bits per heavy atom. The first kappa shape index (κ1) is 28.5. The molecule has 0 saturated carbocycles. The van der Waals surface area contributed by atoms with Crippen LogP contribution in [0.15, 0.2) is 83.8 Å². The maximum absolute atomic E-state index is 13.9. The predicted molar refractivity (Wildman–Crippen MR) is 156 cm³/mol. The van der Waals surface area contributed by atoms with E-state index < -0.39 is 22.5 Å². The minimum Gasteiger partial charge on any atom is -0.410 e. The third-order valence-corrected chi connectivity index (χ3v) is 7.73. The third-order valence-electron chi connectivity index (χ3n) is 6.54. The highest BCUT2D eigenvalue weighted by Gasteiger charge is 2.29. The highest BCUT2D eigenvalue weighted by atomic mass is 32.2. The number of thioether (sulfide) groups is 1. The van der Waals surface area contributed by atoms with Crippen molar-refractivity contribution in [2.45, 2.75) is 36.5 Å². The quantitative estimate of drug-likeness (QED) is 0.232. The zero-order valence-corrected chi connectivity index (χ0v) is 23.8. The van der Waals surface area contributed by atoms with E-state index in [9.17, 15) is 13.6 Å². The van der Waals surface area contributed by atoms with E-state index in [1.165, 1.54) is 23.9 Å². The van der Waals surface area contributed by atoms with Gasteiger partial charge in [-0.3, -0.25) is 5.32 Å². The number of nitrogens with zero attached hydrogens (tertiary/aromatic N) is 3. The van der Waals surface area contributed by atoms with Gasteiger partial charge in [-0.2, -0.15) is 0 Å². The minimum absolute atomic E-state index is 0.106. The summed E-state index contributed by atoms with van der Waals surface area (Å²) >= 11 is 1.32. The number of carbonyl (C=O) groups excluding carboxylic acids is 1. The maximum Gasteiger partial charge on any atom is 0.417 e. The van der Waals surface area contributed by atoms with Crippen molar-refractivity contribution in [3.05, 3.63) is 96.2 Å². The van der Waals surface area contributed by atoms with E-state index in [2.05, 4.69) is 17.1 Å². The van der Waals surface area contributed by atoms with Gasteiger partial charge in [0.15, 0.2) is 5.82 Å². The number of anilines is 2. The molecule has 1 fully saturated rings. The second-order valence-corrected chi connectivity index (χ2v) is 11.9. The zero-order valence-electron chi connectivity index (χ0n) is 22.9. The lowest BCUT2D eigenvalue weighted by molar-refractivity contribution is 0.0985. The summed E-state index contributed by atoms with van der Waals surface area (Å²) < 4.78 is 38.1. The van der Waals surface area contributed by atoms with Gasteiger partial charge in [0.2, 0.25) is 0 Å². The summed E-state index contributed by atoms with van der Waals surface area (Å²) in [7, 11) is 0. The molecule has 7 nitrogen and oxygen atoms in total. The van der Waals surface area contributed by atoms with Crippen molar-refractivity contribution in [3.8, 4) is 17.1 Å². The Morgan fingerprint density at radius 3 is 2.41 bits per heavy atom. The molecule has 1 aliphatic heterocycles. The van der Waals surface area contributed by atoms with Crippen LogP contribution < -0.4 is 15.0 Å². The molecule has 4 aromatic rings. The number of amides is 1. The van der Waals surface area contributed by atoms with Crippen molar-refractivity contribution in [1.82, 2.24) is 9.97 Å². The van der Waals surface area contributed by atoms with Crippen molar-refractivity contribution in [3.63, 3.8) is 0 Å². The Bertz CT molecular complexity index is 1500. The van der Waals surface area contributed by atoms with Crippen LogP contribution in [0.3, 0.4) is 0 Å². The monoisotopic (exact) mass is 576 g/mol. The number of rotatable bonds is 7. The molecule has 1 aliphatic rings. The third kappa shape index (κ3) is 7.20. The van der Waals surface area contributed by atoms with Crippen LogP contribution in [0, 0.1) is 11.6 Å². The molecule has 10 heteroatoms. The molecule has 41 heavy (non-hydrogen) atoms. The fraction of sp³-hybridized carbons (Fsp3) is 0.258. The first-order valence-corrected chi connectivity index (χ1v) is 14.0. The van der Waals surface area contributed by atoms with E-state index in [0.717, 1.165) is 17.4 Å². The molecule has 1 aromatic heterocycles. The number of para-hydroxylation sites is 1. The van der Waals surface area contributed by atoms with Gasteiger partial charge in [0.05, 0.1) is 29.7 Å². The Kier molecular flexibility index (Phi) is 8.51. The Labute approximate surface area is 241 Å². The molecule has 0 radical (unpaired) electrons. The van der Waals surface area contributed by atoms with E-state index in [1.54, 1.807) is 36.4 Å². The van der Waals surface area contributed by atoms with Crippen LogP contribution in [0.4, 0.5) is 25.1 Å². The molecule has 1 amide bonds. The second kappa shape index (κ2) is 12.2. The molecule has 0 bridgehead atoms. The van der Waals surface area contributed by atoms with E-state index in [4.69, 9.17) is 19.4 Å². The zero-order chi connectivity index (χ0) is 29.0. The molecule has 3 aromatic carbocycles. The molecule has 212 valence electrons. The fourth-order valence-corrected chi connectivity index (χ4v) is 5.60. The van der Waals surface area contributed by atoms with Crippen molar-refractivity contribution in [1.29, 1.82) is 0 Å². The number of nitrogens with one attached hydrogen (secondary N) is 1. The van der Waals surface area contributed by atoms with Gasteiger partial charge in [0.25, 0.3) is 0 Å². The summed E-state index contributed by atoms with van der Waals surface area (Å²) in [5, 5.41) is 2.72. The van der Waals surface area contributed by atoms with Crippen LogP contribution in [0.5, 0.6) is 5.75 Å². The molecule has 0 spiro atoms. The van der Waals surface area contributed by atoms with E-state index in [0.29, 0.717) is 47.6 Å². The normalized spacial score (nSPS) is 15.4. The molecule has 1 N–H and O–H groups in total.